The predicted octanol–water partition coefficient (Wildman–Crippen LogP) is 2.00. The lowest BCUT2D eigenvalue weighted by molar-refractivity contribution is -0.128. The molecular formula is C14H17F3N2O2. The van der Waals surface area contributed by atoms with E-state index in [0.29, 0.717) is 13.0 Å². The Labute approximate surface area is 120 Å². The number of halogens is 3. The maximum absolute atomic E-state index is 12.2. The fraction of sp³-hybridized carbons (Fsp3) is 0.429. The van der Waals surface area contributed by atoms with Crippen LogP contribution in [0.5, 0.6) is 0 Å². The van der Waals surface area contributed by atoms with E-state index < -0.39 is 23.7 Å². The molecule has 1 atom stereocenters. The van der Waals surface area contributed by atoms with E-state index in [9.17, 15) is 22.8 Å². The molecule has 0 spiro atoms. The topological polar surface area (TPSA) is 58.2 Å². The number of nitrogens with one attached hydrogen (secondary N) is 2. The van der Waals surface area contributed by atoms with E-state index in [2.05, 4.69) is 17.2 Å². The fourth-order valence-electron chi connectivity index (χ4n) is 1.64. The molecule has 1 heterocycles. The van der Waals surface area contributed by atoms with Crippen molar-refractivity contribution in [2.24, 2.45) is 0 Å². The number of carbonyl (C=O) groups excluding carboxylic acids is 2. The zero-order valence-electron chi connectivity index (χ0n) is 11.6. The van der Waals surface area contributed by atoms with E-state index in [1.165, 1.54) is 6.08 Å². The fourth-order valence-corrected chi connectivity index (χ4v) is 1.64. The molecule has 1 rings (SSSR count). The summed E-state index contributed by atoms with van der Waals surface area (Å²) in [6, 6.07) is -0.621. The number of alkyl halides is 3. The van der Waals surface area contributed by atoms with Crippen molar-refractivity contribution in [1.82, 2.24) is 10.6 Å². The second-order valence-corrected chi connectivity index (χ2v) is 4.69. The van der Waals surface area contributed by atoms with Crippen LogP contribution in [0.3, 0.4) is 0 Å². The van der Waals surface area contributed by atoms with Gasteiger partial charge in [-0.05, 0) is 19.8 Å². The second kappa shape index (κ2) is 7.10. The summed E-state index contributed by atoms with van der Waals surface area (Å²) in [5.41, 5.74) is -0.793. The highest BCUT2D eigenvalue weighted by atomic mass is 19.4. The SMILES string of the molecule is C=C(C=CC=C(C)C(F)(F)F)C(=O)NC1CCCNC1=O. The van der Waals surface area contributed by atoms with Gasteiger partial charge in [0.05, 0.1) is 0 Å². The Bertz CT molecular complexity index is 493. The quantitative estimate of drug-likeness (QED) is 0.616. The molecule has 21 heavy (non-hydrogen) atoms. The number of piperidine rings is 1. The third-order valence-electron chi connectivity index (χ3n) is 2.97. The van der Waals surface area contributed by atoms with Crippen LogP contribution < -0.4 is 10.6 Å². The Balaban J connectivity index is 2.55. The number of hydrogen-bond acceptors (Lipinski definition) is 2. The van der Waals surface area contributed by atoms with Crippen molar-refractivity contribution < 1.29 is 22.8 Å². The lowest BCUT2D eigenvalue weighted by Gasteiger charge is -2.22. The van der Waals surface area contributed by atoms with Gasteiger partial charge in [-0.2, -0.15) is 13.2 Å². The van der Waals surface area contributed by atoms with Gasteiger partial charge in [0.15, 0.2) is 0 Å². The van der Waals surface area contributed by atoms with Crippen LogP contribution in [0.4, 0.5) is 13.2 Å². The smallest absolute Gasteiger partial charge is 0.354 e. The highest BCUT2D eigenvalue weighted by Crippen LogP contribution is 2.24. The van der Waals surface area contributed by atoms with Gasteiger partial charge < -0.3 is 10.6 Å². The van der Waals surface area contributed by atoms with Crippen molar-refractivity contribution in [2.45, 2.75) is 32.0 Å². The molecule has 0 bridgehead atoms. The zero-order chi connectivity index (χ0) is 16.0. The van der Waals surface area contributed by atoms with Gasteiger partial charge in [-0.15, -0.1) is 0 Å². The number of carbonyl (C=O) groups is 2. The first kappa shape index (κ1) is 17.0. The van der Waals surface area contributed by atoms with Gasteiger partial charge in [-0.1, -0.05) is 24.8 Å². The Morgan fingerprint density at radius 1 is 1.48 bits per heavy atom. The highest BCUT2D eigenvalue weighted by molar-refractivity contribution is 5.98. The molecule has 2 amide bonds. The summed E-state index contributed by atoms with van der Waals surface area (Å²) in [5.74, 6) is -0.842. The third kappa shape index (κ3) is 5.45. The molecule has 1 fully saturated rings. The first-order chi connectivity index (χ1) is 9.71. The van der Waals surface area contributed by atoms with Crippen molar-refractivity contribution in [3.8, 4) is 0 Å². The molecule has 0 radical (unpaired) electrons. The van der Waals surface area contributed by atoms with Crippen molar-refractivity contribution in [1.29, 1.82) is 0 Å². The standard InChI is InChI=1S/C14H17F3N2O2/c1-9(5-3-6-10(2)14(15,16)17)12(20)19-11-7-4-8-18-13(11)21/h3,5-6,11H,1,4,7-8H2,2H3,(H,18,21)(H,19,20). The number of amides is 2. The van der Waals surface area contributed by atoms with Gasteiger partial charge in [0.2, 0.25) is 5.91 Å². The average Bonchev–Trinajstić information content (AvgIpc) is 2.39. The highest BCUT2D eigenvalue weighted by Gasteiger charge is 2.29. The molecular weight excluding hydrogens is 285 g/mol. The number of allylic oxidation sites excluding steroid dienone is 3. The number of hydrogen-bond donors (Lipinski definition) is 2. The summed E-state index contributed by atoms with van der Waals surface area (Å²) >= 11 is 0. The van der Waals surface area contributed by atoms with Crippen LogP contribution >= 0.6 is 0 Å². The Morgan fingerprint density at radius 3 is 2.71 bits per heavy atom. The van der Waals surface area contributed by atoms with E-state index >= 15 is 0 Å². The van der Waals surface area contributed by atoms with E-state index in [1.807, 2.05) is 0 Å². The minimum atomic E-state index is -4.39. The summed E-state index contributed by atoms with van der Waals surface area (Å²) in [6.45, 7) is 4.97. The molecule has 0 aliphatic carbocycles. The van der Waals surface area contributed by atoms with E-state index in [4.69, 9.17) is 0 Å². The Kier molecular flexibility index (Phi) is 5.75. The molecule has 116 valence electrons. The van der Waals surface area contributed by atoms with Gasteiger partial charge in [0.25, 0.3) is 5.91 Å². The summed E-state index contributed by atoms with van der Waals surface area (Å²) in [5, 5.41) is 5.11. The lowest BCUT2D eigenvalue weighted by atomic mass is 10.1. The maximum atomic E-state index is 12.2. The molecule has 1 unspecified atom stereocenters. The van der Waals surface area contributed by atoms with Crippen molar-refractivity contribution in [3.05, 3.63) is 36.0 Å². The van der Waals surface area contributed by atoms with Gasteiger partial charge in [0, 0.05) is 17.7 Å². The van der Waals surface area contributed by atoms with Gasteiger partial charge >= 0.3 is 6.18 Å². The van der Waals surface area contributed by atoms with Crippen molar-refractivity contribution >= 4 is 11.8 Å². The van der Waals surface area contributed by atoms with Crippen LogP contribution in [-0.2, 0) is 9.59 Å². The molecule has 1 saturated heterocycles. The largest absolute Gasteiger partial charge is 0.412 e. The molecule has 2 N–H and O–H groups in total. The van der Waals surface area contributed by atoms with Gasteiger partial charge in [-0.25, -0.2) is 0 Å². The van der Waals surface area contributed by atoms with Crippen LogP contribution in [0.1, 0.15) is 19.8 Å². The molecule has 0 aromatic carbocycles. The minimum Gasteiger partial charge on any atom is -0.354 e. The van der Waals surface area contributed by atoms with E-state index in [-0.39, 0.29) is 11.5 Å². The summed E-state index contributed by atoms with van der Waals surface area (Å²) in [7, 11) is 0. The average molecular weight is 302 g/mol. The van der Waals surface area contributed by atoms with Crippen molar-refractivity contribution in [2.75, 3.05) is 6.54 Å². The van der Waals surface area contributed by atoms with Gasteiger partial charge in [-0.3, -0.25) is 9.59 Å². The monoisotopic (exact) mass is 302 g/mol. The normalized spacial score (nSPS) is 20.3. The first-order valence-electron chi connectivity index (χ1n) is 6.41. The zero-order valence-corrected chi connectivity index (χ0v) is 11.6. The summed E-state index contributed by atoms with van der Waals surface area (Å²) < 4.78 is 36.7. The van der Waals surface area contributed by atoms with Gasteiger partial charge in [0.1, 0.15) is 6.04 Å². The molecule has 7 heteroatoms. The number of rotatable bonds is 4. The summed E-state index contributed by atoms with van der Waals surface area (Å²) in [4.78, 5) is 23.2. The van der Waals surface area contributed by atoms with Crippen molar-refractivity contribution in [3.63, 3.8) is 0 Å². The second-order valence-electron chi connectivity index (χ2n) is 4.69. The third-order valence-corrected chi connectivity index (χ3v) is 2.97. The molecule has 1 aliphatic rings. The molecule has 4 nitrogen and oxygen atoms in total. The lowest BCUT2D eigenvalue weighted by Crippen LogP contribution is -2.50. The molecule has 1 aliphatic heterocycles. The minimum absolute atomic E-state index is 0.0143. The summed E-state index contributed by atoms with van der Waals surface area (Å²) in [6.07, 6.45) is 0.0189. The van der Waals surface area contributed by atoms with E-state index in [0.717, 1.165) is 25.5 Å². The van der Waals surface area contributed by atoms with Crippen LogP contribution in [0.15, 0.2) is 36.0 Å². The van der Waals surface area contributed by atoms with Crippen LogP contribution in [-0.4, -0.2) is 30.6 Å². The Morgan fingerprint density at radius 2 is 2.14 bits per heavy atom. The molecule has 0 saturated carbocycles. The maximum Gasteiger partial charge on any atom is 0.412 e. The Hall–Kier alpha value is -2.05. The predicted molar refractivity (Wildman–Crippen MR) is 72.3 cm³/mol. The van der Waals surface area contributed by atoms with Crippen LogP contribution in [0.25, 0.3) is 0 Å². The molecule has 0 aromatic heterocycles. The van der Waals surface area contributed by atoms with E-state index in [1.54, 1.807) is 0 Å². The van der Waals surface area contributed by atoms with Crippen LogP contribution in [0.2, 0.25) is 0 Å². The van der Waals surface area contributed by atoms with Crippen LogP contribution in [0, 0.1) is 0 Å². The first-order valence-corrected chi connectivity index (χ1v) is 6.41. The molecule has 0 aromatic rings.